The monoisotopic (exact) mass is 1010 g/mol. The fraction of sp³-hybridized carbons (Fsp3) is 0.250. The first-order valence-corrected chi connectivity index (χ1v) is 25.5. The summed E-state index contributed by atoms with van der Waals surface area (Å²) in [5.74, 6) is 6.42. The largest absolute Gasteiger partial charge is 2.00 e. The second-order valence-corrected chi connectivity index (χ2v) is 24.7. The Bertz CT molecular complexity index is 3720. The Morgan fingerprint density at radius 2 is 0.473 bits per heavy atom. The first-order chi connectivity index (χ1) is 34.1. The number of anilines is 8. The predicted molar refractivity (Wildman–Crippen MR) is 313 cm³/mol. The molecule has 8 aromatic carbocycles. The van der Waals surface area contributed by atoms with Crippen LogP contribution in [0, 0.1) is 0 Å². The predicted octanol–water partition coefficient (Wildman–Crippen LogP) is 17.1. The Morgan fingerprint density at radius 1 is 0.270 bits per heavy atom. The number of nitrogens with one attached hydrogen (secondary N) is 6. The van der Waals surface area contributed by atoms with Crippen LogP contribution in [-0.4, -0.2) is 15.4 Å². The third kappa shape index (κ3) is 8.04. The molecule has 371 valence electrons. The van der Waals surface area contributed by atoms with Gasteiger partial charge in [-0.05, 0) is 157 Å². The van der Waals surface area contributed by atoms with Gasteiger partial charge in [0.15, 0.2) is 0 Å². The van der Waals surface area contributed by atoms with Crippen molar-refractivity contribution in [2.45, 2.75) is 105 Å². The van der Waals surface area contributed by atoms with Crippen LogP contribution in [0.2, 0.25) is 0 Å². The van der Waals surface area contributed by atoms with Gasteiger partial charge in [0.05, 0.1) is 23.3 Å². The Balaban J connectivity index is 0.00000294. The van der Waals surface area contributed by atoms with Crippen molar-refractivity contribution in [3.8, 4) is 0 Å². The Labute approximate surface area is 443 Å². The third-order valence-electron chi connectivity index (χ3n) is 15.4. The summed E-state index contributed by atoms with van der Waals surface area (Å²) in [5, 5.41) is 33.2. The Morgan fingerprint density at radius 3 is 0.703 bits per heavy atom. The van der Waals surface area contributed by atoms with E-state index in [-0.39, 0.29) is 45.7 Å². The number of fused-ring (bicyclic) bond motifs is 24. The summed E-state index contributed by atoms with van der Waals surface area (Å²) in [6.45, 7) is 27.3. The van der Waals surface area contributed by atoms with Crippen molar-refractivity contribution >= 4 is 133 Å². The molecule has 8 bridgehead atoms. The molecule has 1 aliphatic heterocycles. The van der Waals surface area contributed by atoms with Crippen LogP contribution in [0.1, 0.15) is 105 Å². The van der Waals surface area contributed by atoms with Crippen molar-refractivity contribution in [3.63, 3.8) is 0 Å². The van der Waals surface area contributed by atoms with Gasteiger partial charge in [-0.2, -0.15) is 0 Å². The van der Waals surface area contributed by atoms with E-state index in [1.165, 1.54) is 54.6 Å². The summed E-state index contributed by atoms with van der Waals surface area (Å²) in [7, 11) is 0. The Kier molecular flexibility index (Phi) is 11.0. The van der Waals surface area contributed by atoms with Crippen LogP contribution in [0.3, 0.4) is 0 Å². The molecule has 0 amide bonds. The van der Waals surface area contributed by atoms with Crippen molar-refractivity contribution < 1.29 is 24.0 Å². The van der Waals surface area contributed by atoms with Gasteiger partial charge in [-0.15, -0.1) is 0 Å². The smallest absolute Gasteiger partial charge is 0.412 e. The fourth-order valence-corrected chi connectivity index (χ4v) is 10.9. The standard InChI is InChI=1S/C64H62N8.H2O.V/c1-61(2,3)41-17-13-33-25-45-49(29-37(33)21-41)57-65-53(45)70-58-51-31-39-23-43(63(7,8)9)19-15-35(39)27-47(51)55(67-58)72-60-52-32-40-24-44(64(10,11)12)20-16-36(40)28-48(52)56(68-60)71-59-50-30-38-22-42(62(4,5)6)18-14-34(38)26-46(50)54(66-59)69-57;;/h13-32,65,68-72H,1-12H3;1H2;/q-2;;+2. The van der Waals surface area contributed by atoms with Gasteiger partial charge in [-0.1, -0.05) is 156 Å². The number of nitrogens with zero attached hydrogens (tertiary/aromatic N) is 2. The fourth-order valence-electron chi connectivity index (χ4n) is 10.9. The molecule has 0 fully saturated rings. The molecule has 1 aliphatic rings. The zero-order chi connectivity index (χ0) is 50.0. The van der Waals surface area contributed by atoms with E-state index in [2.05, 4.69) is 236 Å². The zero-order valence-electron chi connectivity index (χ0n) is 44.4. The quantitative estimate of drug-likeness (QED) is 0.0894. The maximum atomic E-state index is 5.50. The minimum atomic E-state index is -0.00242. The van der Waals surface area contributed by atoms with Gasteiger partial charge in [-0.3, -0.25) is 0 Å². The van der Waals surface area contributed by atoms with Gasteiger partial charge in [0, 0.05) is 44.8 Å². The molecule has 74 heavy (non-hydrogen) atoms. The van der Waals surface area contributed by atoms with Crippen molar-refractivity contribution in [1.82, 2.24) is 19.9 Å². The van der Waals surface area contributed by atoms with E-state index in [0.717, 1.165) is 100 Å². The molecule has 0 saturated carbocycles. The number of hydrogen-bond acceptors (Lipinski definition) is 4. The van der Waals surface area contributed by atoms with E-state index in [9.17, 15) is 0 Å². The number of rotatable bonds is 0. The van der Waals surface area contributed by atoms with Crippen LogP contribution >= 0.6 is 0 Å². The van der Waals surface area contributed by atoms with E-state index in [1.54, 1.807) is 0 Å². The maximum absolute atomic E-state index is 5.50. The van der Waals surface area contributed by atoms with E-state index in [4.69, 9.17) is 9.97 Å². The number of benzene rings is 8. The molecule has 12 aromatic rings. The van der Waals surface area contributed by atoms with Crippen LogP contribution in [0.25, 0.3) is 86.2 Å². The molecule has 4 aromatic heterocycles. The first-order valence-electron chi connectivity index (χ1n) is 25.5. The summed E-state index contributed by atoms with van der Waals surface area (Å²) in [5.41, 5.74) is 5.16. The van der Waals surface area contributed by atoms with Gasteiger partial charge in [-0.25, -0.2) is 0 Å². The molecule has 0 spiro atoms. The first kappa shape index (κ1) is 48.9. The minimum Gasteiger partial charge on any atom is -0.412 e. The second kappa shape index (κ2) is 16.6. The average Bonchev–Trinajstić information content (AvgIpc) is 4.04. The summed E-state index contributed by atoms with van der Waals surface area (Å²) in [6.07, 6.45) is 0. The van der Waals surface area contributed by atoms with Gasteiger partial charge >= 0.3 is 18.6 Å². The van der Waals surface area contributed by atoms with Gasteiger partial charge in [0.2, 0.25) is 0 Å². The Hall–Kier alpha value is -7.30. The van der Waals surface area contributed by atoms with Crippen LogP contribution in [0.15, 0.2) is 121 Å². The van der Waals surface area contributed by atoms with Crippen molar-refractivity contribution in [2.24, 2.45) is 0 Å². The van der Waals surface area contributed by atoms with E-state index < -0.39 is 0 Å². The van der Waals surface area contributed by atoms with Crippen molar-refractivity contribution in [1.29, 1.82) is 0 Å². The van der Waals surface area contributed by atoms with Crippen molar-refractivity contribution in [3.05, 3.63) is 144 Å². The number of H-pyrrole nitrogens is 2. The molecule has 0 aliphatic carbocycles. The molecule has 8 N–H and O–H groups in total. The molecular weight excluding hydrogens is 948 g/mol. The van der Waals surface area contributed by atoms with Crippen LogP contribution in [0.4, 0.5) is 46.5 Å². The molecule has 0 atom stereocenters. The molecule has 5 heterocycles. The van der Waals surface area contributed by atoms with Gasteiger partial charge in [0.1, 0.15) is 0 Å². The van der Waals surface area contributed by atoms with Crippen molar-refractivity contribution in [2.75, 3.05) is 21.3 Å². The molecule has 9 nitrogen and oxygen atoms in total. The topological polar surface area (TPSA) is 139 Å². The molecule has 10 heteroatoms. The van der Waals surface area contributed by atoms with E-state index in [0.29, 0.717) is 0 Å². The minimum absolute atomic E-state index is 0. The summed E-state index contributed by atoms with van der Waals surface area (Å²) in [6, 6.07) is 45.9. The molecule has 13 rings (SSSR count). The van der Waals surface area contributed by atoms with Crippen LogP contribution in [0.5, 0.6) is 0 Å². The summed E-state index contributed by atoms with van der Waals surface area (Å²) >= 11 is 0. The number of aromatic nitrogens is 4. The van der Waals surface area contributed by atoms with Crippen LogP contribution in [-0.2, 0) is 40.2 Å². The molecular formula is C64H64N8OV. The summed E-state index contributed by atoms with van der Waals surface area (Å²) in [4.78, 5) is 18.7. The van der Waals surface area contributed by atoms with Crippen LogP contribution < -0.4 is 31.2 Å². The number of aromatic amines is 2. The molecule has 1 radical (unpaired) electrons. The number of hydrogen-bond donors (Lipinski definition) is 6. The second-order valence-electron chi connectivity index (χ2n) is 24.7. The summed E-state index contributed by atoms with van der Waals surface area (Å²) < 4.78 is 0. The van der Waals surface area contributed by atoms with Gasteiger partial charge < -0.3 is 46.7 Å². The maximum Gasteiger partial charge on any atom is 2.00 e. The SMILES string of the molecule is CC(C)(C)c1ccc2cc3c4[n-]c(c3cc2c1)Nc1[nH]c(c2cc3cc(C(C)(C)C)ccc3cc12)Nc1[n-]c(c2cc3cc(C(C)(C)C)ccc3cc12)Nc1[nH]c(c2cc3cc(C(C)(C)C)ccc3cc12)N4.O.[V+2]. The third-order valence-corrected chi connectivity index (χ3v) is 15.4. The molecule has 0 saturated heterocycles. The molecule has 0 unspecified atom stereocenters. The average molecular weight is 1010 g/mol. The van der Waals surface area contributed by atoms with E-state index >= 15 is 0 Å². The normalized spacial score (nSPS) is 13.4. The zero-order valence-corrected chi connectivity index (χ0v) is 45.8. The van der Waals surface area contributed by atoms with Gasteiger partial charge in [0.25, 0.3) is 0 Å². The van der Waals surface area contributed by atoms with E-state index in [1.807, 2.05) is 0 Å².